The molecule has 1 aromatic carbocycles. The predicted molar refractivity (Wildman–Crippen MR) is 96.6 cm³/mol. The zero-order valence-electron chi connectivity index (χ0n) is 13.9. The monoisotopic (exact) mass is 352 g/mol. The summed E-state index contributed by atoms with van der Waals surface area (Å²) in [6.45, 7) is 11.4. The Bertz CT molecular complexity index is 379. The van der Waals surface area contributed by atoms with Crippen LogP contribution < -0.4 is 0 Å². The number of halogens is 1. The third-order valence-corrected chi connectivity index (χ3v) is 4.17. The van der Waals surface area contributed by atoms with E-state index in [-0.39, 0.29) is 5.78 Å². The van der Waals surface area contributed by atoms with Crippen LogP contribution in [0.1, 0.15) is 52.0 Å². The summed E-state index contributed by atoms with van der Waals surface area (Å²) in [6, 6.07) is 8.22. The van der Waals surface area contributed by atoms with E-state index in [1.165, 1.54) is 44.2 Å². The third kappa shape index (κ3) is 11.4. The number of rotatable bonds is 2. The van der Waals surface area contributed by atoms with E-state index in [2.05, 4.69) is 55.4 Å². The quantitative estimate of drug-likeness (QED) is 0.566. The van der Waals surface area contributed by atoms with Crippen LogP contribution in [0.25, 0.3) is 0 Å². The van der Waals surface area contributed by atoms with E-state index in [0.717, 1.165) is 16.3 Å². The molecule has 0 bridgehead atoms. The highest BCUT2D eigenvalue weighted by molar-refractivity contribution is 9.10. The van der Waals surface area contributed by atoms with Crippen molar-refractivity contribution < 1.29 is 4.79 Å². The molecular formula is C19H29BrO. The SMILES string of the molecule is C=CC(C)=O.CC(C)C1CCCC1.Cc1ccc(Br)cc1. The molecule has 0 saturated heterocycles. The molecule has 1 aromatic rings. The number of carbonyl (C=O) groups excluding carboxylic acids is 1. The second-order valence-electron chi connectivity index (χ2n) is 5.90. The predicted octanol–water partition coefficient (Wildman–Crippen LogP) is 6.35. The fourth-order valence-corrected chi connectivity index (χ4v) is 2.42. The van der Waals surface area contributed by atoms with Crippen molar-refractivity contribution in [1.82, 2.24) is 0 Å². The number of hydrogen-bond acceptors (Lipinski definition) is 1. The Morgan fingerprint density at radius 2 is 1.67 bits per heavy atom. The average molecular weight is 353 g/mol. The largest absolute Gasteiger partial charge is 0.295 e. The fourth-order valence-electron chi connectivity index (χ4n) is 2.16. The molecule has 0 amide bonds. The van der Waals surface area contributed by atoms with E-state index >= 15 is 0 Å². The zero-order valence-corrected chi connectivity index (χ0v) is 15.4. The van der Waals surface area contributed by atoms with Crippen LogP contribution in [0.3, 0.4) is 0 Å². The topological polar surface area (TPSA) is 17.1 Å². The molecule has 1 nitrogen and oxygen atoms in total. The molecule has 2 rings (SSSR count). The molecule has 0 aromatic heterocycles. The van der Waals surface area contributed by atoms with Gasteiger partial charge in [0, 0.05) is 4.47 Å². The van der Waals surface area contributed by atoms with E-state index in [0.29, 0.717) is 0 Å². The Balaban J connectivity index is 0.000000296. The molecule has 1 saturated carbocycles. The van der Waals surface area contributed by atoms with E-state index in [1.54, 1.807) is 0 Å². The second kappa shape index (κ2) is 11.7. The molecule has 0 atom stereocenters. The van der Waals surface area contributed by atoms with Gasteiger partial charge < -0.3 is 0 Å². The minimum absolute atomic E-state index is 0.0185. The molecule has 2 heteroatoms. The van der Waals surface area contributed by atoms with Crippen LogP contribution >= 0.6 is 15.9 Å². The molecule has 0 N–H and O–H groups in total. The third-order valence-electron chi connectivity index (χ3n) is 3.64. The highest BCUT2D eigenvalue weighted by Crippen LogP contribution is 2.30. The van der Waals surface area contributed by atoms with Gasteiger partial charge in [0.15, 0.2) is 5.78 Å². The molecule has 0 aliphatic heterocycles. The molecule has 1 fully saturated rings. The van der Waals surface area contributed by atoms with E-state index in [9.17, 15) is 4.79 Å². The highest BCUT2D eigenvalue weighted by atomic mass is 79.9. The van der Waals surface area contributed by atoms with Gasteiger partial charge in [-0.15, -0.1) is 0 Å². The molecule has 0 heterocycles. The van der Waals surface area contributed by atoms with Crippen molar-refractivity contribution in [1.29, 1.82) is 0 Å². The van der Waals surface area contributed by atoms with Crippen molar-refractivity contribution in [2.75, 3.05) is 0 Å². The zero-order chi connectivity index (χ0) is 16.3. The molecule has 0 radical (unpaired) electrons. The van der Waals surface area contributed by atoms with Gasteiger partial charge in [0.05, 0.1) is 0 Å². The first-order chi connectivity index (χ1) is 9.86. The fraction of sp³-hybridized carbons (Fsp3) is 0.526. The second-order valence-corrected chi connectivity index (χ2v) is 6.81. The van der Waals surface area contributed by atoms with Crippen molar-refractivity contribution in [3.8, 4) is 0 Å². The number of ketones is 1. The number of aryl methyl sites for hydroxylation is 1. The summed E-state index contributed by atoms with van der Waals surface area (Å²) >= 11 is 3.35. The number of benzene rings is 1. The molecule has 0 spiro atoms. The Kier molecular flexibility index (Phi) is 11.2. The van der Waals surface area contributed by atoms with Crippen LogP contribution in [0.5, 0.6) is 0 Å². The highest BCUT2D eigenvalue weighted by Gasteiger charge is 2.17. The van der Waals surface area contributed by atoms with E-state index in [4.69, 9.17) is 0 Å². The molecule has 0 unspecified atom stereocenters. The van der Waals surface area contributed by atoms with Gasteiger partial charge in [-0.2, -0.15) is 0 Å². The van der Waals surface area contributed by atoms with Gasteiger partial charge in [-0.25, -0.2) is 0 Å². The van der Waals surface area contributed by atoms with Gasteiger partial charge in [-0.05, 0) is 43.9 Å². The van der Waals surface area contributed by atoms with Crippen LogP contribution in [0.4, 0.5) is 0 Å². The minimum atomic E-state index is 0.0185. The first-order valence-corrected chi connectivity index (χ1v) is 8.51. The maximum absolute atomic E-state index is 9.69. The summed E-state index contributed by atoms with van der Waals surface area (Å²) in [5, 5.41) is 0. The summed E-state index contributed by atoms with van der Waals surface area (Å²) in [5.74, 6) is 2.03. The van der Waals surface area contributed by atoms with Crippen molar-refractivity contribution in [2.45, 2.75) is 53.4 Å². The molecule has 1 aliphatic carbocycles. The lowest BCUT2D eigenvalue weighted by Crippen LogP contribution is -2.01. The Labute approximate surface area is 139 Å². The van der Waals surface area contributed by atoms with E-state index < -0.39 is 0 Å². The van der Waals surface area contributed by atoms with Crippen LogP contribution in [-0.4, -0.2) is 5.78 Å². The summed E-state index contributed by atoms with van der Waals surface area (Å²) in [4.78, 5) is 9.69. The van der Waals surface area contributed by atoms with Crippen LogP contribution in [0.2, 0.25) is 0 Å². The first-order valence-electron chi connectivity index (χ1n) is 7.72. The summed E-state index contributed by atoms with van der Waals surface area (Å²) in [6.07, 6.45) is 7.25. The first kappa shape index (κ1) is 20.1. The van der Waals surface area contributed by atoms with E-state index in [1.807, 2.05) is 12.1 Å². The summed E-state index contributed by atoms with van der Waals surface area (Å²) < 4.78 is 1.14. The van der Waals surface area contributed by atoms with Gasteiger partial charge in [-0.3, -0.25) is 4.79 Å². The maximum atomic E-state index is 9.69. The number of allylic oxidation sites excluding steroid dienone is 1. The summed E-state index contributed by atoms with van der Waals surface area (Å²) in [7, 11) is 0. The number of hydrogen-bond donors (Lipinski definition) is 0. The van der Waals surface area contributed by atoms with Gasteiger partial charge in [-0.1, -0.05) is 79.7 Å². The van der Waals surface area contributed by atoms with Crippen molar-refractivity contribution in [3.05, 3.63) is 47.0 Å². The normalized spacial score (nSPS) is 13.8. The summed E-state index contributed by atoms with van der Waals surface area (Å²) in [5.41, 5.74) is 1.30. The van der Waals surface area contributed by atoms with Crippen LogP contribution in [0, 0.1) is 18.8 Å². The Morgan fingerprint density at radius 3 is 1.90 bits per heavy atom. The lowest BCUT2D eigenvalue weighted by molar-refractivity contribution is -0.112. The smallest absolute Gasteiger partial charge is 0.152 e. The van der Waals surface area contributed by atoms with Crippen LogP contribution in [-0.2, 0) is 4.79 Å². The van der Waals surface area contributed by atoms with Gasteiger partial charge in [0.2, 0.25) is 0 Å². The number of carbonyl (C=O) groups is 1. The maximum Gasteiger partial charge on any atom is 0.152 e. The Hall–Kier alpha value is -0.890. The molecule has 118 valence electrons. The minimum Gasteiger partial charge on any atom is -0.295 e. The lowest BCUT2D eigenvalue weighted by atomic mass is 9.95. The standard InChI is InChI=1S/C8H16.C7H7Br.C4H6O/c1-7(2)8-5-3-4-6-8;1-6-2-4-7(8)5-3-6;1-3-4(2)5/h7-8H,3-6H2,1-2H3;2-5H,1H3;3H,1H2,2H3. The average Bonchev–Trinajstić information content (AvgIpc) is 2.98. The lowest BCUT2D eigenvalue weighted by Gasteiger charge is -2.11. The van der Waals surface area contributed by atoms with Gasteiger partial charge in [0.25, 0.3) is 0 Å². The van der Waals surface area contributed by atoms with Crippen molar-refractivity contribution in [3.63, 3.8) is 0 Å². The molecule has 21 heavy (non-hydrogen) atoms. The molecule has 1 aliphatic rings. The van der Waals surface area contributed by atoms with Gasteiger partial charge in [0.1, 0.15) is 0 Å². The van der Waals surface area contributed by atoms with Crippen LogP contribution in [0.15, 0.2) is 41.4 Å². The van der Waals surface area contributed by atoms with Crippen molar-refractivity contribution in [2.24, 2.45) is 11.8 Å². The Morgan fingerprint density at radius 1 is 1.24 bits per heavy atom. The molecular weight excluding hydrogens is 324 g/mol. The van der Waals surface area contributed by atoms with Gasteiger partial charge >= 0.3 is 0 Å². The van der Waals surface area contributed by atoms with Crippen molar-refractivity contribution >= 4 is 21.7 Å².